The number of aryl methyl sites for hydroxylation is 1. The quantitative estimate of drug-likeness (QED) is 0.469. The monoisotopic (exact) mass is 438 g/mol. The van der Waals surface area contributed by atoms with Crippen LogP contribution in [0, 0.1) is 6.92 Å². The summed E-state index contributed by atoms with van der Waals surface area (Å²) in [6.07, 6.45) is 0. The number of rotatable bonds is 6. The molecule has 6 nitrogen and oxygen atoms in total. The number of hydrogen-bond donors (Lipinski definition) is 1. The third-order valence-electron chi connectivity index (χ3n) is 4.52. The van der Waals surface area contributed by atoms with Crippen molar-refractivity contribution in [1.82, 2.24) is 14.2 Å². The average Bonchev–Trinajstić information content (AvgIpc) is 3.20. The zero-order chi connectivity index (χ0) is 21.1. The molecule has 1 aromatic heterocycles. The summed E-state index contributed by atoms with van der Waals surface area (Å²) in [5, 5.41) is 8.05. The zero-order valence-electron chi connectivity index (χ0n) is 16.2. The van der Waals surface area contributed by atoms with Crippen LogP contribution in [0.25, 0.3) is 11.4 Å². The molecule has 0 amide bonds. The zero-order valence-corrected chi connectivity index (χ0v) is 17.7. The van der Waals surface area contributed by atoms with Gasteiger partial charge < -0.3 is 5.32 Å². The van der Waals surface area contributed by atoms with Crippen molar-refractivity contribution in [3.05, 3.63) is 95.0 Å². The Morgan fingerprint density at radius 2 is 1.60 bits per heavy atom. The van der Waals surface area contributed by atoms with Crippen LogP contribution in [-0.2, 0) is 16.6 Å². The van der Waals surface area contributed by atoms with Gasteiger partial charge in [0.05, 0.1) is 4.90 Å². The standard InChI is InChI=1S/C22H19ClN4O2S/c1-16-7-11-18(12-8-16)21-25-22(24-15-17-9-13-19(23)14-10-17)27(26-21)30(28,29)20-5-3-2-4-6-20/h2-14H,15H2,1H3,(H,24,25,26). The summed E-state index contributed by atoms with van der Waals surface area (Å²) in [7, 11) is -3.92. The van der Waals surface area contributed by atoms with E-state index in [9.17, 15) is 8.42 Å². The summed E-state index contributed by atoms with van der Waals surface area (Å²) in [5.74, 6) is 0.470. The lowest BCUT2D eigenvalue weighted by molar-refractivity contribution is 0.580. The van der Waals surface area contributed by atoms with E-state index in [-0.39, 0.29) is 10.8 Å². The van der Waals surface area contributed by atoms with Crippen LogP contribution in [0.2, 0.25) is 5.02 Å². The van der Waals surface area contributed by atoms with Gasteiger partial charge in [0.2, 0.25) is 5.95 Å². The molecule has 3 aromatic carbocycles. The summed E-state index contributed by atoms with van der Waals surface area (Å²) < 4.78 is 27.4. The maximum atomic E-state index is 13.2. The van der Waals surface area contributed by atoms with Gasteiger partial charge in [-0.05, 0) is 36.8 Å². The Bertz CT molecular complexity index is 1250. The van der Waals surface area contributed by atoms with E-state index in [1.54, 1.807) is 30.3 Å². The molecule has 8 heteroatoms. The van der Waals surface area contributed by atoms with Crippen molar-refractivity contribution in [3.8, 4) is 11.4 Å². The highest BCUT2D eigenvalue weighted by molar-refractivity contribution is 7.90. The van der Waals surface area contributed by atoms with Gasteiger partial charge in [-0.3, -0.25) is 0 Å². The van der Waals surface area contributed by atoms with E-state index in [2.05, 4.69) is 15.4 Å². The van der Waals surface area contributed by atoms with Crippen molar-refractivity contribution >= 4 is 27.6 Å². The number of hydrogen-bond acceptors (Lipinski definition) is 5. The number of aromatic nitrogens is 3. The van der Waals surface area contributed by atoms with Crippen molar-refractivity contribution in [2.24, 2.45) is 0 Å². The predicted molar refractivity (Wildman–Crippen MR) is 118 cm³/mol. The van der Waals surface area contributed by atoms with Crippen LogP contribution in [0.5, 0.6) is 0 Å². The maximum absolute atomic E-state index is 13.2. The molecule has 0 bridgehead atoms. The van der Waals surface area contributed by atoms with Gasteiger partial charge in [-0.25, -0.2) is 0 Å². The molecule has 0 saturated carbocycles. The lowest BCUT2D eigenvalue weighted by atomic mass is 10.1. The molecule has 0 fully saturated rings. The Kier molecular flexibility index (Phi) is 5.57. The minimum Gasteiger partial charge on any atom is -0.349 e. The van der Waals surface area contributed by atoms with E-state index in [0.717, 1.165) is 20.8 Å². The average molecular weight is 439 g/mol. The lowest BCUT2D eigenvalue weighted by Crippen LogP contribution is -2.18. The molecule has 152 valence electrons. The molecule has 0 aliphatic rings. The van der Waals surface area contributed by atoms with Crippen LogP contribution in [0.15, 0.2) is 83.8 Å². The molecule has 0 spiro atoms. The van der Waals surface area contributed by atoms with Gasteiger partial charge in [0.1, 0.15) is 0 Å². The highest BCUT2D eigenvalue weighted by Gasteiger charge is 2.24. The maximum Gasteiger partial charge on any atom is 0.286 e. The van der Waals surface area contributed by atoms with Crippen molar-refractivity contribution in [1.29, 1.82) is 0 Å². The fraction of sp³-hybridized carbons (Fsp3) is 0.0909. The van der Waals surface area contributed by atoms with Crippen LogP contribution in [-0.4, -0.2) is 22.6 Å². The van der Waals surface area contributed by atoms with Crippen molar-refractivity contribution in [3.63, 3.8) is 0 Å². The molecule has 0 saturated heterocycles. The van der Waals surface area contributed by atoms with Gasteiger partial charge in [-0.15, -0.1) is 9.19 Å². The van der Waals surface area contributed by atoms with Gasteiger partial charge in [-0.1, -0.05) is 71.8 Å². The van der Waals surface area contributed by atoms with E-state index < -0.39 is 10.0 Å². The fourth-order valence-corrected chi connectivity index (χ4v) is 4.22. The van der Waals surface area contributed by atoms with Gasteiger partial charge in [0.15, 0.2) is 5.82 Å². The largest absolute Gasteiger partial charge is 0.349 e. The van der Waals surface area contributed by atoms with Gasteiger partial charge in [-0.2, -0.15) is 13.4 Å². The number of nitrogens with zero attached hydrogens (tertiary/aromatic N) is 3. The van der Waals surface area contributed by atoms with Crippen molar-refractivity contribution in [2.45, 2.75) is 18.4 Å². The number of halogens is 1. The molecule has 0 aliphatic carbocycles. The summed E-state index contributed by atoms with van der Waals surface area (Å²) in [5.41, 5.74) is 2.76. The summed E-state index contributed by atoms with van der Waals surface area (Å²) in [4.78, 5) is 4.61. The molecule has 1 N–H and O–H groups in total. The topological polar surface area (TPSA) is 76.9 Å². The molecular weight excluding hydrogens is 420 g/mol. The van der Waals surface area contributed by atoms with Gasteiger partial charge in [0.25, 0.3) is 10.0 Å². The molecule has 0 radical (unpaired) electrons. The molecule has 4 rings (SSSR count). The summed E-state index contributed by atoms with van der Waals surface area (Å²) in [6.45, 7) is 2.35. The molecule has 0 unspecified atom stereocenters. The van der Waals surface area contributed by atoms with Gasteiger partial charge in [0, 0.05) is 17.1 Å². The second-order valence-electron chi connectivity index (χ2n) is 6.77. The number of anilines is 1. The van der Waals surface area contributed by atoms with E-state index in [1.807, 2.05) is 43.3 Å². The minimum absolute atomic E-state index is 0.139. The van der Waals surface area contributed by atoms with Crippen molar-refractivity contribution in [2.75, 3.05) is 5.32 Å². The molecule has 4 aromatic rings. The van der Waals surface area contributed by atoms with Crippen LogP contribution >= 0.6 is 11.6 Å². The summed E-state index contributed by atoms with van der Waals surface area (Å²) >= 11 is 5.94. The Balaban J connectivity index is 1.74. The van der Waals surface area contributed by atoms with Crippen LogP contribution in [0.4, 0.5) is 5.95 Å². The molecule has 30 heavy (non-hydrogen) atoms. The number of nitrogens with one attached hydrogen (secondary N) is 1. The van der Waals surface area contributed by atoms with E-state index >= 15 is 0 Å². The SMILES string of the molecule is Cc1ccc(-c2nc(NCc3ccc(Cl)cc3)n(S(=O)(=O)c3ccccc3)n2)cc1. The first-order valence-electron chi connectivity index (χ1n) is 9.26. The Morgan fingerprint density at radius 3 is 2.27 bits per heavy atom. The van der Waals surface area contributed by atoms with Gasteiger partial charge >= 0.3 is 0 Å². The number of benzene rings is 3. The third-order valence-corrected chi connectivity index (χ3v) is 6.35. The first kappa shape index (κ1) is 20.1. The first-order chi connectivity index (χ1) is 14.4. The van der Waals surface area contributed by atoms with Crippen LogP contribution in [0.1, 0.15) is 11.1 Å². The van der Waals surface area contributed by atoms with Crippen LogP contribution in [0.3, 0.4) is 0 Å². The van der Waals surface area contributed by atoms with Crippen LogP contribution < -0.4 is 5.32 Å². The highest BCUT2D eigenvalue weighted by atomic mass is 35.5. The normalized spacial score (nSPS) is 11.4. The fourth-order valence-electron chi connectivity index (χ4n) is 2.87. The highest BCUT2D eigenvalue weighted by Crippen LogP contribution is 2.23. The second kappa shape index (κ2) is 8.30. The van der Waals surface area contributed by atoms with E-state index in [1.165, 1.54) is 12.1 Å². The lowest BCUT2D eigenvalue weighted by Gasteiger charge is -2.09. The van der Waals surface area contributed by atoms with E-state index in [4.69, 9.17) is 11.6 Å². The summed E-state index contributed by atoms with van der Waals surface area (Å²) in [6, 6.07) is 23.1. The first-order valence-corrected chi connectivity index (χ1v) is 11.1. The second-order valence-corrected chi connectivity index (χ2v) is 8.97. The molecular formula is C22H19ClN4O2S. The molecule has 0 aliphatic heterocycles. The minimum atomic E-state index is -3.92. The third kappa shape index (κ3) is 4.22. The Morgan fingerprint density at radius 1 is 0.933 bits per heavy atom. The Labute approximate surface area is 180 Å². The smallest absolute Gasteiger partial charge is 0.286 e. The molecule has 1 heterocycles. The Hall–Kier alpha value is -3.16. The van der Waals surface area contributed by atoms with Crippen molar-refractivity contribution < 1.29 is 8.42 Å². The molecule has 0 atom stereocenters. The predicted octanol–water partition coefficient (Wildman–Crippen LogP) is 4.76. The van der Waals surface area contributed by atoms with E-state index in [0.29, 0.717) is 17.4 Å².